The molecule has 11 nitrogen and oxygen atoms in total. The minimum absolute atomic E-state index is 0.0533. The predicted molar refractivity (Wildman–Crippen MR) is 163 cm³/mol. The molecular weight excluding hydrogens is 558 g/mol. The molecule has 3 heterocycles. The number of aromatic hydroxyl groups is 1. The number of likely N-dealkylation sites (N-methyl/N-ethyl adjacent to an activating group) is 1. The molecule has 1 aromatic heterocycles. The molecule has 2 aliphatic heterocycles. The van der Waals surface area contributed by atoms with Crippen LogP contribution in [-0.4, -0.2) is 84.9 Å². The van der Waals surface area contributed by atoms with E-state index in [1.54, 1.807) is 55.8 Å². The van der Waals surface area contributed by atoms with Crippen LogP contribution in [0.3, 0.4) is 0 Å². The van der Waals surface area contributed by atoms with Gasteiger partial charge in [-0.3, -0.25) is 14.3 Å². The van der Waals surface area contributed by atoms with Crippen LogP contribution in [-0.2, 0) is 35.6 Å². The van der Waals surface area contributed by atoms with Gasteiger partial charge in [-0.05, 0) is 34.9 Å². The van der Waals surface area contributed by atoms with Crippen molar-refractivity contribution in [2.45, 2.75) is 38.3 Å². The summed E-state index contributed by atoms with van der Waals surface area (Å²) in [5, 5.41) is 21.4. The van der Waals surface area contributed by atoms with Crippen molar-refractivity contribution in [2.75, 3.05) is 20.1 Å². The average molecular weight is 592 g/mol. The first-order valence-electron chi connectivity index (χ1n) is 14.4. The van der Waals surface area contributed by atoms with Gasteiger partial charge >= 0.3 is 6.03 Å². The number of hydrogen-bond acceptors (Lipinski definition) is 6. The third-order valence-electron chi connectivity index (χ3n) is 8.10. The van der Waals surface area contributed by atoms with Gasteiger partial charge in [0.15, 0.2) is 0 Å². The zero-order valence-corrected chi connectivity index (χ0v) is 24.3. The Hall–Kier alpha value is -5.34. The second kappa shape index (κ2) is 12.1. The summed E-state index contributed by atoms with van der Waals surface area (Å²) in [7, 11) is 1.70. The Labute approximate surface area is 255 Å². The van der Waals surface area contributed by atoms with Gasteiger partial charge in [0.1, 0.15) is 24.5 Å². The number of nitrogens with one attached hydrogen (secondary N) is 1. The predicted octanol–water partition coefficient (Wildman–Crippen LogP) is 2.56. The van der Waals surface area contributed by atoms with Crippen LogP contribution in [0.15, 0.2) is 79.0 Å². The molecule has 4 aromatic rings. The highest BCUT2D eigenvalue weighted by Crippen LogP contribution is 2.30. The van der Waals surface area contributed by atoms with Crippen molar-refractivity contribution >= 4 is 28.7 Å². The smallest absolute Gasteiger partial charge is 0.334 e. The van der Waals surface area contributed by atoms with Crippen LogP contribution in [0.1, 0.15) is 16.7 Å². The number of benzene rings is 3. The third kappa shape index (κ3) is 5.67. The first-order valence-corrected chi connectivity index (χ1v) is 14.4. The summed E-state index contributed by atoms with van der Waals surface area (Å²) in [5.41, 5.74) is 3.37. The molecule has 4 amide bonds. The summed E-state index contributed by atoms with van der Waals surface area (Å²) in [6.45, 7) is 0.959. The van der Waals surface area contributed by atoms with E-state index < -0.39 is 12.2 Å². The first kappa shape index (κ1) is 28.8. The normalized spacial score (nSPS) is 18.8. The van der Waals surface area contributed by atoms with Gasteiger partial charge in [-0.2, -0.15) is 5.10 Å². The minimum Gasteiger partial charge on any atom is -0.508 e. The Morgan fingerprint density at radius 3 is 2.57 bits per heavy atom. The molecule has 224 valence electrons. The van der Waals surface area contributed by atoms with E-state index in [0.717, 1.165) is 27.6 Å². The lowest BCUT2D eigenvalue weighted by molar-refractivity contribution is -0.187. The molecule has 2 N–H and O–H groups in total. The highest BCUT2D eigenvalue weighted by Gasteiger charge is 2.50. The van der Waals surface area contributed by atoms with E-state index in [1.165, 1.54) is 0 Å². The van der Waals surface area contributed by atoms with Crippen molar-refractivity contribution in [3.63, 3.8) is 0 Å². The number of fused-ring (bicyclic) bond motifs is 2. The highest BCUT2D eigenvalue weighted by molar-refractivity contribution is 5.92. The van der Waals surface area contributed by atoms with Gasteiger partial charge in [0, 0.05) is 38.1 Å². The molecule has 0 radical (unpaired) electrons. The maximum absolute atomic E-state index is 14.2. The number of carbonyl (C=O) groups excluding carboxylic acids is 3. The molecule has 44 heavy (non-hydrogen) atoms. The molecular formula is C33H33N7O4. The Morgan fingerprint density at radius 2 is 1.82 bits per heavy atom. The summed E-state index contributed by atoms with van der Waals surface area (Å²) < 4.78 is 1.69. The molecule has 0 saturated carbocycles. The largest absolute Gasteiger partial charge is 0.508 e. The van der Waals surface area contributed by atoms with E-state index in [9.17, 15) is 19.5 Å². The number of hydrogen-bond donors (Lipinski definition) is 2. The molecule has 0 bridgehead atoms. The van der Waals surface area contributed by atoms with E-state index in [4.69, 9.17) is 6.42 Å². The van der Waals surface area contributed by atoms with Crippen LogP contribution in [0.25, 0.3) is 10.9 Å². The number of nitrogens with zero attached hydrogens (tertiary/aromatic N) is 6. The maximum Gasteiger partial charge on any atom is 0.334 e. The zero-order valence-electron chi connectivity index (χ0n) is 24.3. The van der Waals surface area contributed by atoms with Gasteiger partial charge in [-0.15, -0.1) is 6.42 Å². The first-order chi connectivity index (χ1) is 21.3. The van der Waals surface area contributed by atoms with Gasteiger partial charge in [0.05, 0.1) is 18.6 Å². The lowest BCUT2D eigenvalue weighted by Gasteiger charge is -2.54. The molecule has 3 aromatic carbocycles. The number of urea groups is 1. The Bertz CT molecular complexity index is 1730. The quantitative estimate of drug-likeness (QED) is 0.320. The summed E-state index contributed by atoms with van der Waals surface area (Å²) in [4.78, 5) is 44.8. The van der Waals surface area contributed by atoms with Crippen LogP contribution >= 0.6 is 0 Å². The monoisotopic (exact) mass is 591 g/mol. The number of amides is 4. The average Bonchev–Trinajstić information content (AvgIpc) is 3.43. The summed E-state index contributed by atoms with van der Waals surface area (Å²) in [6, 6.07) is 20.7. The van der Waals surface area contributed by atoms with E-state index in [0.29, 0.717) is 13.1 Å². The number of phenolic OH excluding ortho intramolecular Hbond substituents is 1. The molecule has 11 heteroatoms. The Kier molecular flexibility index (Phi) is 7.91. The highest BCUT2D eigenvalue weighted by atomic mass is 16.3. The van der Waals surface area contributed by atoms with E-state index in [-0.39, 0.29) is 49.7 Å². The van der Waals surface area contributed by atoms with Crippen molar-refractivity contribution in [3.8, 4) is 18.1 Å². The van der Waals surface area contributed by atoms with Crippen molar-refractivity contribution in [3.05, 3.63) is 95.7 Å². The minimum atomic E-state index is -0.854. The van der Waals surface area contributed by atoms with Crippen LogP contribution in [0.4, 0.5) is 4.79 Å². The van der Waals surface area contributed by atoms with Gasteiger partial charge in [-0.1, -0.05) is 60.5 Å². The zero-order chi connectivity index (χ0) is 30.8. The van der Waals surface area contributed by atoms with Crippen LogP contribution in [0.2, 0.25) is 0 Å². The van der Waals surface area contributed by atoms with Crippen molar-refractivity contribution in [1.29, 1.82) is 0 Å². The van der Waals surface area contributed by atoms with Crippen LogP contribution < -0.4 is 5.32 Å². The standard InChI is InChI=1S/C33H33N7O4/c1-3-16-38-20-27-25(10-7-11-28(27)35-38)19-37-21-30-39(29(32(37)43)17-23-12-14-26(41)15-13-23)31(42)22-36(2)40(30)33(44)34-18-24-8-5-4-6-9-24/h1,4-15,20,29-30,41H,16-19,21-22H2,2H3,(H,34,44)/t29-,30-/m0/s1. The number of rotatable bonds is 7. The molecule has 6 rings (SSSR count). The Morgan fingerprint density at radius 1 is 1.05 bits per heavy atom. The summed E-state index contributed by atoms with van der Waals surface area (Å²) in [5.74, 6) is 2.25. The fourth-order valence-corrected chi connectivity index (χ4v) is 6.03. The van der Waals surface area contributed by atoms with Gasteiger partial charge in [-0.25, -0.2) is 14.8 Å². The van der Waals surface area contributed by atoms with Crippen molar-refractivity contribution < 1.29 is 19.5 Å². The lowest BCUT2D eigenvalue weighted by atomic mass is 9.98. The second-order valence-electron chi connectivity index (χ2n) is 11.1. The molecule has 2 saturated heterocycles. The topological polar surface area (TPSA) is 114 Å². The third-order valence-corrected chi connectivity index (χ3v) is 8.10. The van der Waals surface area contributed by atoms with E-state index >= 15 is 0 Å². The van der Waals surface area contributed by atoms with Gasteiger partial charge < -0.3 is 20.2 Å². The van der Waals surface area contributed by atoms with E-state index in [2.05, 4.69) is 16.3 Å². The van der Waals surface area contributed by atoms with Crippen molar-refractivity contribution in [2.24, 2.45) is 0 Å². The van der Waals surface area contributed by atoms with Gasteiger partial charge in [0.25, 0.3) is 0 Å². The number of piperazine rings is 1. The number of carbonyl (C=O) groups is 3. The molecule has 0 spiro atoms. The van der Waals surface area contributed by atoms with Crippen molar-refractivity contribution in [1.82, 2.24) is 34.9 Å². The summed E-state index contributed by atoms with van der Waals surface area (Å²) >= 11 is 0. The molecule has 0 unspecified atom stereocenters. The molecule has 2 fully saturated rings. The molecule has 0 aliphatic carbocycles. The number of hydrazine groups is 1. The van der Waals surface area contributed by atoms with Gasteiger partial charge in [0.2, 0.25) is 11.8 Å². The molecule has 2 atom stereocenters. The summed E-state index contributed by atoms with van der Waals surface area (Å²) in [6.07, 6.45) is 6.87. The van der Waals surface area contributed by atoms with E-state index in [1.807, 2.05) is 54.7 Å². The fourth-order valence-electron chi connectivity index (χ4n) is 6.03. The number of aromatic nitrogens is 2. The SMILES string of the molecule is C#CCn1cc2c(CN3C[C@H]4N(C(=O)CN(C)N4C(=O)NCc4ccccc4)[C@@H](Cc4ccc(O)cc4)C3=O)cccc2n1. The number of phenols is 1. The van der Waals surface area contributed by atoms with Crippen LogP contribution in [0, 0.1) is 12.3 Å². The second-order valence-corrected chi connectivity index (χ2v) is 11.1. The lowest BCUT2D eigenvalue weighted by Crippen LogP contribution is -2.76. The van der Waals surface area contributed by atoms with Crippen LogP contribution in [0.5, 0.6) is 5.75 Å². The fraction of sp³-hybridized carbons (Fsp3) is 0.273. The molecule has 2 aliphatic rings. The maximum atomic E-state index is 14.2. The Balaban J connectivity index is 1.34. The number of terminal acetylenes is 1.